The lowest BCUT2D eigenvalue weighted by Crippen LogP contribution is -3.06. The second kappa shape index (κ2) is 10.4. The fraction of sp³-hybridized carbons (Fsp3) is 0.304. The molecule has 0 saturated heterocycles. The molecule has 2 aromatic carbocycles. The van der Waals surface area contributed by atoms with Gasteiger partial charge >= 0.3 is 0 Å². The first-order valence-electron chi connectivity index (χ1n) is 10.2. The minimum Gasteiger partial charge on any atom is -0.494 e. The highest BCUT2D eigenvalue weighted by Gasteiger charge is 2.15. The number of fused-ring (bicyclic) bond motifs is 1. The number of nitrogens with one attached hydrogen (secondary N) is 3. The summed E-state index contributed by atoms with van der Waals surface area (Å²) < 4.78 is 18.8. The van der Waals surface area contributed by atoms with Gasteiger partial charge in [0.25, 0.3) is 5.56 Å². The molecular formula is C23H28FN4O2S+. The highest BCUT2D eigenvalue weighted by atomic mass is 32.1. The fourth-order valence-corrected chi connectivity index (χ4v) is 3.43. The number of hydrogen-bond donors (Lipinski definition) is 3. The van der Waals surface area contributed by atoms with Crippen LogP contribution in [0, 0.1) is 5.82 Å². The van der Waals surface area contributed by atoms with Gasteiger partial charge < -0.3 is 24.8 Å². The first kappa shape index (κ1) is 22.7. The van der Waals surface area contributed by atoms with E-state index < -0.39 is 0 Å². The van der Waals surface area contributed by atoms with Crippen molar-refractivity contribution >= 4 is 33.9 Å². The predicted molar refractivity (Wildman–Crippen MR) is 126 cm³/mol. The van der Waals surface area contributed by atoms with Crippen LogP contribution in [0.2, 0.25) is 0 Å². The van der Waals surface area contributed by atoms with Crippen molar-refractivity contribution in [1.29, 1.82) is 0 Å². The molecule has 0 aliphatic rings. The van der Waals surface area contributed by atoms with Crippen LogP contribution in [0.5, 0.6) is 5.75 Å². The predicted octanol–water partition coefficient (Wildman–Crippen LogP) is 2.41. The number of anilines is 1. The molecule has 0 bridgehead atoms. The average molecular weight is 444 g/mol. The number of thiocarbonyl (C=S) groups is 1. The lowest BCUT2D eigenvalue weighted by molar-refractivity contribution is -0.857. The zero-order valence-electron chi connectivity index (χ0n) is 18.0. The Morgan fingerprint density at radius 3 is 2.61 bits per heavy atom. The van der Waals surface area contributed by atoms with Crippen molar-refractivity contribution in [3.8, 4) is 5.75 Å². The average Bonchev–Trinajstić information content (AvgIpc) is 2.73. The maximum absolute atomic E-state index is 13.2. The fourth-order valence-electron chi connectivity index (χ4n) is 3.16. The number of halogens is 1. The highest BCUT2D eigenvalue weighted by molar-refractivity contribution is 7.80. The van der Waals surface area contributed by atoms with Crippen LogP contribution in [-0.4, -0.2) is 48.8 Å². The summed E-state index contributed by atoms with van der Waals surface area (Å²) >= 11 is 5.62. The third kappa shape index (κ3) is 6.26. The molecule has 3 N–H and O–H groups in total. The van der Waals surface area contributed by atoms with Crippen molar-refractivity contribution in [3.63, 3.8) is 0 Å². The molecule has 0 amide bonds. The lowest BCUT2D eigenvalue weighted by Gasteiger charge is -2.26. The molecule has 0 radical (unpaired) electrons. The van der Waals surface area contributed by atoms with Gasteiger partial charge in [0, 0.05) is 22.2 Å². The molecule has 0 fully saturated rings. The van der Waals surface area contributed by atoms with E-state index in [-0.39, 0.29) is 11.4 Å². The van der Waals surface area contributed by atoms with Crippen LogP contribution in [-0.2, 0) is 6.54 Å². The number of H-pyrrole nitrogens is 1. The Bertz CT molecular complexity index is 1100. The second-order valence-electron chi connectivity index (χ2n) is 7.62. The van der Waals surface area contributed by atoms with Gasteiger partial charge in [0.05, 0.1) is 40.3 Å². The summed E-state index contributed by atoms with van der Waals surface area (Å²) in [5.74, 6) is 0.452. The van der Waals surface area contributed by atoms with Crippen molar-refractivity contribution in [2.75, 3.05) is 39.1 Å². The van der Waals surface area contributed by atoms with Gasteiger partial charge in [-0.25, -0.2) is 4.39 Å². The Balaban J connectivity index is 1.85. The van der Waals surface area contributed by atoms with E-state index in [1.54, 1.807) is 12.1 Å². The Kier molecular flexibility index (Phi) is 7.59. The molecular weight excluding hydrogens is 415 g/mol. The van der Waals surface area contributed by atoms with Gasteiger partial charge in [0.2, 0.25) is 0 Å². The van der Waals surface area contributed by atoms with Crippen LogP contribution >= 0.6 is 12.2 Å². The molecule has 31 heavy (non-hydrogen) atoms. The molecule has 3 rings (SSSR count). The van der Waals surface area contributed by atoms with Gasteiger partial charge in [-0.05, 0) is 67.7 Å². The van der Waals surface area contributed by atoms with Crippen LogP contribution < -0.4 is 20.5 Å². The van der Waals surface area contributed by atoms with Gasteiger partial charge in [0.1, 0.15) is 11.6 Å². The van der Waals surface area contributed by atoms with Gasteiger partial charge in [-0.1, -0.05) is 0 Å². The van der Waals surface area contributed by atoms with Crippen LogP contribution in [0.3, 0.4) is 0 Å². The minimum atomic E-state index is -0.307. The van der Waals surface area contributed by atoms with E-state index in [1.165, 1.54) is 17.0 Å². The summed E-state index contributed by atoms with van der Waals surface area (Å²) in [4.78, 5) is 18.9. The number of aromatic nitrogens is 1. The molecule has 1 heterocycles. The van der Waals surface area contributed by atoms with Crippen molar-refractivity contribution in [1.82, 2.24) is 9.88 Å². The van der Waals surface area contributed by atoms with E-state index in [2.05, 4.69) is 24.4 Å². The quantitative estimate of drug-likeness (QED) is 0.467. The number of quaternary nitrogens is 1. The van der Waals surface area contributed by atoms with Crippen LogP contribution in [0.4, 0.5) is 10.1 Å². The summed E-state index contributed by atoms with van der Waals surface area (Å²) in [6, 6.07) is 13.5. The molecule has 8 heteroatoms. The molecule has 0 aliphatic heterocycles. The Labute approximate surface area is 186 Å². The number of ether oxygens (including phenoxy) is 1. The van der Waals surface area contributed by atoms with Crippen LogP contribution in [0.1, 0.15) is 12.5 Å². The SMILES string of the molecule is CCOc1ccc2[nH]c(=O)c(CN(CC[NH+](C)C)C(=S)Nc3ccc(F)cc3)cc2c1. The number of likely N-dealkylation sites (N-methyl/N-ethyl adjacent to an activating group) is 1. The van der Waals surface area contributed by atoms with Crippen molar-refractivity contribution in [2.24, 2.45) is 0 Å². The number of nitrogens with zero attached hydrogens (tertiary/aromatic N) is 1. The molecule has 0 atom stereocenters. The molecule has 0 unspecified atom stereocenters. The van der Waals surface area contributed by atoms with E-state index in [0.29, 0.717) is 36.1 Å². The maximum atomic E-state index is 13.2. The van der Waals surface area contributed by atoms with Crippen molar-refractivity contribution in [2.45, 2.75) is 13.5 Å². The third-order valence-electron chi connectivity index (χ3n) is 4.83. The summed E-state index contributed by atoms with van der Waals surface area (Å²) in [6.45, 7) is 4.36. The van der Waals surface area contributed by atoms with E-state index in [1.807, 2.05) is 36.1 Å². The van der Waals surface area contributed by atoms with Gasteiger partial charge in [-0.3, -0.25) is 4.79 Å². The number of aromatic amines is 1. The van der Waals surface area contributed by atoms with Gasteiger partial charge in [-0.15, -0.1) is 0 Å². The Morgan fingerprint density at radius 1 is 1.19 bits per heavy atom. The third-order valence-corrected chi connectivity index (χ3v) is 5.19. The molecule has 0 saturated carbocycles. The first-order valence-corrected chi connectivity index (χ1v) is 10.7. The molecule has 0 aliphatic carbocycles. The summed E-state index contributed by atoms with van der Waals surface area (Å²) in [6.07, 6.45) is 0. The topological polar surface area (TPSA) is 61.8 Å². The molecule has 164 valence electrons. The number of benzene rings is 2. The van der Waals surface area contributed by atoms with Crippen LogP contribution in [0.15, 0.2) is 53.3 Å². The molecule has 3 aromatic rings. The number of hydrogen-bond acceptors (Lipinski definition) is 3. The summed E-state index contributed by atoms with van der Waals surface area (Å²) in [7, 11) is 4.12. The van der Waals surface area contributed by atoms with Crippen molar-refractivity contribution < 1.29 is 14.0 Å². The van der Waals surface area contributed by atoms with E-state index in [9.17, 15) is 9.18 Å². The molecule has 0 spiro atoms. The lowest BCUT2D eigenvalue weighted by atomic mass is 10.1. The van der Waals surface area contributed by atoms with Gasteiger partial charge in [-0.2, -0.15) is 0 Å². The Morgan fingerprint density at radius 2 is 1.94 bits per heavy atom. The number of pyridine rings is 1. The monoisotopic (exact) mass is 443 g/mol. The zero-order chi connectivity index (χ0) is 22.4. The van der Waals surface area contributed by atoms with Crippen molar-refractivity contribution in [3.05, 3.63) is 70.3 Å². The number of rotatable bonds is 8. The van der Waals surface area contributed by atoms with E-state index >= 15 is 0 Å². The first-order chi connectivity index (χ1) is 14.9. The minimum absolute atomic E-state index is 0.150. The standard InChI is InChI=1S/C23H27FN4O2S/c1-4-30-20-9-10-21-16(14-20)13-17(22(29)26-21)15-28(12-11-27(2)3)23(31)25-19-7-5-18(24)6-8-19/h5-10,13-14H,4,11-12,15H2,1-3H3,(H,25,31)(H,26,29)/p+1. The largest absolute Gasteiger partial charge is 0.494 e. The second-order valence-corrected chi connectivity index (χ2v) is 8.01. The van der Waals surface area contributed by atoms with E-state index in [0.717, 1.165) is 23.2 Å². The van der Waals surface area contributed by atoms with E-state index in [4.69, 9.17) is 17.0 Å². The normalized spacial score (nSPS) is 11.0. The zero-order valence-corrected chi connectivity index (χ0v) is 18.8. The molecule has 1 aromatic heterocycles. The summed E-state index contributed by atoms with van der Waals surface area (Å²) in [5, 5.41) is 4.53. The van der Waals surface area contributed by atoms with Crippen LogP contribution in [0.25, 0.3) is 10.9 Å². The maximum Gasteiger partial charge on any atom is 0.253 e. The van der Waals surface area contributed by atoms with Gasteiger partial charge in [0.15, 0.2) is 5.11 Å². The summed E-state index contributed by atoms with van der Waals surface area (Å²) in [5.41, 5.74) is 1.91. The highest BCUT2D eigenvalue weighted by Crippen LogP contribution is 2.20. The smallest absolute Gasteiger partial charge is 0.253 e. The Hall–Kier alpha value is -2.97. The molecule has 6 nitrogen and oxygen atoms in total.